The van der Waals surface area contributed by atoms with Crippen molar-refractivity contribution < 1.29 is 14.3 Å². The summed E-state index contributed by atoms with van der Waals surface area (Å²) in [5.74, 6) is 1.38. The van der Waals surface area contributed by atoms with Crippen molar-refractivity contribution in [1.29, 1.82) is 0 Å². The van der Waals surface area contributed by atoms with Crippen LogP contribution in [0.15, 0.2) is 48.5 Å². The highest BCUT2D eigenvalue weighted by Gasteiger charge is 2.18. The minimum absolute atomic E-state index is 0.147. The van der Waals surface area contributed by atoms with Crippen molar-refractivity contribution in [2.24, 2.45) is 0 Å². The Balaban J connectivity index is 1.83. The van der Waals surface area contributed by atoms with Gasteiger partial charge in [-0.1, -0.05) is 50.8 Å². The van der Waals surface area contributed by atoms with E-state index < -0.39 is 6.10 Å². The Labute approximate surface area is 162 Å². The van der Waals surface area contributed by atoms with Gasteiger partial charge in [0.25, 0.3) is 5.91 Å². The highest BCUT2D eigenvalue weighted by atomic mass is 16.5. The molecule has 4 nitrogen and oxygen atoms in total. The van der Waals surface area contributed by atoms with Crippen molar-refractivity contribution in [3.8, 4) is 11.5 Å². The molecule has 27 heavy (non-hydrogen) atoms. The zero-order valence-electron chi connectivity index (χ0n) is 16.7. The molecule has 0 aliphatic rings. The first-order chi connectivity index (χ1) is 13.1. The van der Waals surface area contributed by atoms with Gasteiger partial charge in [0.15, 0.2) is 6.10 Å². The molecule has 0 radical (unpaired) electrons. The fourth-order valence-electron chi connectivity index (χ4n) is 2.68. The van der Waals surface area contributed by atoms with E-state index >= 15 is 0 Å². The van der Waals surface area contributed by atoms with E-state index in [1.807, 2.05) is 62.4 Å². The summed E-state index contributed by atoms with van der Waals surface area (Å²) in [6.07, 6.45) is 4.81. The molecule has 0 fully saturated rings. The van der Waals surface area contributed by atoms with Crippen molar-refractivity contribution in [3.05, 3.63) is 54.1 Å². The number of hydrogen-bond acceptors (Lipinski definition) is 3. The van der Waals surface area contributed by atoms with Crippen molar-refractivity contribution in [2.75, 3.05) is 11.9 Å². The third-order valence-corrected chi connectivity index (χ3v) is 4.35. The van der Waals surface area contributed by atoms with Gasteiger partial charge in [0.2, 0.25) is 0 Å². The van der Waals surface area contributed by atoms with Crippen LogP contribution in [0.4, 0.5) is 5.69 Å². The zero-order chi connectivity index (χ0) is 19.5. The minimum Gasteiger partial charge on any atom is -0.494 e. The van der Waals surface area contributed by atoms with Gasteiger partial charge in [0.05, 0.1) is 6.61 Å². The molecule has 4 heteroatoms. The molecule has 0 aliphatic carbocycles. The lowest BCUT2D eigenvalue weighted by atomic mass is 10.2. The Bertz CT molecular complexity index is 680. The van der Waals surface area contributed by atoms with Crippen LogP contribution in [0.2, 0.25) is 0 Å². The Morgan fingerprint density at radius 3 is 2.22 bits per heavy atom. The Hall–Kier alpha value is -2.49. The number of anilines is 1. The molecule has 0 aliphatic heterocycles. The van der Waals surface area contributed by atoms with Gasteiger partial charge in [-0.3, -0.25) is 4.79 Å². The summed E-state index contributed by atoms with van der Waals surface area (Å²) in [6.45, 7) is 6.89. The number of unbranched alkanes of at least 4 members (excludes halogenated alkanes) is 3. The van der Waals surface area contributed by atoms with E-state index in [9.17, 15) is 4.79 Å². The monoisotopic (exact) mass is 369 g/mol. The van der Waals surface area contributed by atoms with Gasteiger partial charge < -0.3 is 14.8 Å². The number of rotatable bonds is 11. The molecule has 1 unspecified atom stereocenters. The van der Waals surface area contributed by atoms with Crippen LogP contribution in [-0.2, 0) is 4.79 Å². The fraction of sp³-hybridized carbons (Fsp3) is 0.435. The summed E-state index contributed by atoms with van der Waals surface area (Å²) in [6, 6.07) is 15.2. The highest BCUT2D eigenvalue weighted by molar-refractivity contribution is 5.94. The lowest BCUT2D eigenvalue weighted by molar-refractivity contribution is -0.122. The smallest absolute Gasteiger partial charge is 0.265 e. The molecule has 0 heterocycles. The molecule has 1 atom stereocenters. The third kappa shape index (κ3) is 7.33. The number of aryl methyl sites for hydroxylation is 1. The van der Waals surface area contributed by atoms with E-state index in [2.05, 4.69) is 12.2 Å². The molecule has 2 aromatic rings. The van der Waals surface area contributed by atoms with E-state index in [4.69, 9.17) is 9.47 Å². The van der Waals surface area contributed by atoms with Crippen LogP contribution in [0, 0.1) is 6.92 Å². The molecule has 2 rings (SSSR count). The van der Waals surface area contributed by atoms with Crippen LogP contribution in [0.3, 0.4) is 0 Å². The number of ether oxygens (including phenoxy) is 2. The van der Waals surface area contributed by atoms with E-state index in [0.717, 1.165) is 30.0 Å². The molecule has 0 saturated carbocycles. The number of nitrogens with one attached hydrogen (secondary N) is 1. The van der Waals surface area contributed by atoms with Gasteiger partial charge in [-0.05, 0) is 56.2 Å². The van der Waals surface area contributed by atoms with Crippen molar-refractivity contribution in [2.45, 2.75) is 59.0 Å². The topological polar surface area (TPSA) is 47.6 Å². The van der Waals surface area contributed by atoms with Gasteiger partial charge in [-0.25, -0.2) is 0 Å². The van der Waals surface area contributed by atoms with E-state index in [1.54, 1.807) is 0 Å². The number of amides is 1. The van der Waals surface area contributed by atoms with Gasteiger partial charge in [-0.15, -0.1) is 0 Å². The second-order valence-electron chi connectivity index (χ2n) is 6.75. The quantitative estimate of drug-likeness (QED) is 0.513. The van der Waals surface area contributed by atoms with E-state index in [0.29, 0.717) is 12.2 Å². The Morgan fingerprint density at radius 2 is 1.59 bits per heavy atom. The first kappa shape index (κ1) is 20.8. The zero-order valence-corrected chi connectivity index (χ0v) is 16.7. The van der Waals surface area contributed by atoms with Crippen molar-refractivity contribution in [1.82, 2.24) is 0 Å². The van der Waals surface area contributed by atoms with Gasteiger partial charge >= 0.3 is 0 Å². The predicted molar refractivity (Wildman–Crippen MR) is 111 cm³/mol. The molecular formula is C23H31NO3. The first-order valence-electron chi connectivity index (χ1n) is 9.89. The van der Waals surface area contributed by atoms with E-state index in [-0.39, 0.29) is 5.91 Å². The van der Waals surface area contributed by atoms with Crippen LogP contribution in [0.25, 0.3) is 0 Å². The minimum atomic E-state index is -0.526. The molecule has 0 spiro atoms. The number of hydrogen-bond donors (Lipinski definition) is 1. The maximum Gasteiger partial charge on any atom is 0.265 e. The standard InChI is InChI=1S/C23H31NO3/c1-4-6-7-8-17-26-20-15-11-19(12-16-20)24-23(25)22(5-2)27-21-13-9-18(3)10-14-21/h9-16,22H,4-8,17H2,1-3H3,(H,24,25). The maximum absolute atomic E-state index is 12.5. The average Bonchev–Trinajstić information content (AvgIpc) is 2.68. The predicted octanol–water partition coefficient (Wildman–Crippen LogP) is 5.75. The van der Waals surface area contributed by atoms with Crippen LogP contribution < -0.4 is 14.8 Å². The Morgan fingerprint density at radius 1 is 0.926 bits per heavy atom. The van der Waals surface area contributed by atoms with Gasteiger partial charge in [0.1, 0.15) is 11.5 Å². The molecule has 1 amide bonds. The fourth-order valence-corrected chi connectivity index (χ4v) is 2.68. The van der Waals surface area contributed by atoms with Crippen molar-refractivity contribution >= 4 is 11.6 Å². The number of carbonyl (C=O) groups is 1. The maximum atomic E-state index is 12.5. The highest BCUT2D eigenvalue weighted by Crippen LogP contribution is 2.19. The largest absolute Gasteiger partial charge is 0.494 e. The molecule has 2 aromatic carbocycles. The summed E-state index contributed by atoms with van der Waals surface area (Å²) >= 11 is 0. The number of benzene rings is 2. The summed E-state index contributed by atoms with van der Waals surface area (Å²) in [5.41, 5.74) is 1.90. The summed E-state index contributed by atoms with van der Waals surface area (Å²) in [7, 11) is 0. The molecule has 0 saturated heterocycles. The van der Waals surface area contributed by atoms with Crippen LogP contribution in [0.5, 0.6) is 11.5 Å². The van der Waals surface area contributed by atoms with Gasteiger partial charge in [0, 0.05) is 5.69 Å². The summed E-state index contributed by atoms with van der Waals surface area (Å²) < 4.78 is 11.6. The van der Waals surface area contributed by atoms with Crippen LogP contribution >= 0.6 is 0 Å². The summed E-state index contributed by atoms with van der Waals surface area (Å²) in [4.78, 5) is 12.5. The first-order valence-corrected chi connectivity index (χ1v) is 9.89. The lowest BCUT2D eigenvalue weighted by Gasteiger charge is -2.17. The summed E-state index contributed by atoms with van der Waals surface area (Å²) in [5, 5.41) is 2.92. The molecule has 0 bridgehead atoms. The molecule has 0 aromatic heterocycles. The Kier molecular flexibility index (Phi) is 8.69. The average molecular weight is 370 g/mol. The molecule has 1 N–H and O–H groups in total. The van der Waals surface area contributed by atoms with Crippen LogP contribution in [-0.4, -0.2) is 18.6 Å². The second-order valence-corrected chi connectivity index (χ2v) is 6.75. The van der Waals surface area contributed by atoms with E-state index in [1.165, 1.54) is 19.3 Å². The lowest BCUT2D eigenvalue weighted by Crippen LogP contribution is -2.32. The van der Waals surface area contributed by atoms with Crippen molar-refractivity contribution in [3.63, 3.8) is 0 Å². The SMILES string of the molecule is CCCCCCOc1ccc(NC(=O)C(CC)Oc2ccc(C)cc2)cc1. The second kappa shape index (κ2) is 11.3. The molecular weight excluding hydrogens is 338 g/mol. The number of carbonyl (C=O) groups excluding carboxylic acids is 1. The normalized spacial score (nSPS) is 11.7. The van der Waals surface area contributed by atoms with Crippen LogP contribution in [0.1, 0.15) is 51.5 Å². The third-order valence-electron chi connectivity index (χ3n) is 4.35. The van der Waals surface area contributed by atoms with Gasteiger partial charge in [-0.2, -0.15) is 0 Å². The molecule has 146 valence electrons.